The third-order valence-electron chi connectivity index (χ3n) is 3.20. The molecular formula is C14H21ClFNO. The summed E-state index contributed by atoms with van der Waals surface area (Å²) >= 11 is 5.77. The Balaban J connectivity index is 2.53. The molecule has 0 aromatic heterocycles. The second-order valence-corrected chi connectivity index (χ2v) is 5.04. The van der Waals surface area contributed by atoms with Gasteiger partial charge in [-0.3, -0.25) is 0 Å². The molecule has 0 aliphatic heterocycles. The lowest BCUT2D eigenvalue weighted by atomic mass is 9.94. The molecule has 0 radical (unpaired) electrons. The molecule has 1 aromatic rings. The second-order valence-electron chi connectivity index (χ2n) is 4.63. The Morgan fingerprint density at radius 3 is 2.78 bits per heavy atom. The van der Waals surface area contributed by atoms with E-state index in [1.54, 1.807) is 25.3 Å². The van der Waals surface area contributed by atoms with Crippen molar-refractivity contribution in [2.24, 2.45) is 5.92 Å². The number of benzene rings is 1. The molecule has 0 saturated carbocycles. The van der Waals surface area contributed by atoms with E-state index < -0.39 is 0 Å². The Bertz CT molecular complexity index is 373. The van der Waals surface area contributed by atoms with Crippen molar-refractivity contribution in [3.8, 4) is 0 Å². The predicted molar refractivity (Wildman–Crippen MR) is 73.6 cm³/mol. The summed E-state index contributed by atoms with van der Waals surface area (Å²) in [6.07, 6.45) is 0.674. The fraction of sp³-hybridized carbons (Fsp3) is 0.571. The highest BCUT2D eigenvalue weighted by Gasteiger charge is 2.15. The Morgan fingerprint density at radius 1 is 1.39 bits per heavy atom. The highest BCUT2D eigenvalue weighted by molar-refractivity contribution is 6.30. The summed E-state index contributed by atoms with van der Waals surface area (Å²) < 4.78 is 18.7. The first kappa shape index (κ1) is 15.4. The third kappa shape index (κ3) is 4.56. The van der Waals surface area contributed by atoms with Crippen LogP contribution in [0, 0.1) is 11.7 Å². The molecule has 18 heavy (non-hydrogen) atoms. The first-order valence-electron chi connectivity index (χ1n) is 6.21. The van der Waals surface area contributed by atoms with Gasteiger partial charge in [-0.05, 0) is 30.9 Å². The molecular weight excluding hydrogens is 253 g/mol. The van der Waals surface area contributed by atoms with Crippen molar-refractivity contribution < 1.29 is 9.13 Å². The molecule has 0 heterocycles. The van der Waals surface area contributed by atoms with Gasteiger partial charge in [-0.1, -0.05) is 30.7 Å². The first-order valence-corrected chi connectivity index (χ1v) is 6.59. The van der Waals surface area contributed by atoms with Gasteiger partial charge in [0, 0.05) is 19.7 Å². The number of hydrogen-bond acceptors (Lipinski definition) is 2. The van der Waals surface area contributed by atoms with Crippen LogP contribution in [0.1, 0.15) is 19.4 Å². The summed E-state index contributed by atoms with van der Waals surface area (Å²) in [5.41, 5.74) is 0.676. The number of ether oxygens (including phenoxy) is 1. The van der Waals surface area contributed by atoms with Gasteiger partial charge in [0.25, 0.3) is 0 Å². The molecule has 0 saturated heterocycles. The smallest absolute Gasteiger partial charge is 0.144 e. The van der Waals surface area contributed by atoms with Gasteiger partial charge < -0.3 is 10.1 Å². The fourth-order valence-corrected chi connectivity index (χ4v) is 2.01. The molecule has 2 nitrogen and oxygen atoms in total. The van der Waals surface area contributed by atoms with Gasteiger partial charge in [-0.25, -0.2) is 4.39 Å². The van der Waals surface area contributed by atoms with Crippen LogP contribution < -0.4 is 5.32 Å². The topological polar surface area (TPSA) is 21.3 Å². The van der Waals surface area contributed by atoms with Crippen LogP contribution in [-0.2, 0) is 11.2 Å². The molecule has 4 heteroatoms. The Hall–Kier alpha value is -0.640. The van der Waals surface area contributed by atoms with E-state index in [1.807, 2.05) is 0 Å². The number of rotatable bonds is 7. The maximum Gasteiger partial charge on any atom is 0.144 e. The lowest BCUT2D eigenvalue weighted by molar-refractivity contribution is 0.192. The van der Waals surface area contributed by atoms with Crippen LogP contribution in [0.3, 0.4) is 0 Å². The van der Waals surface area contributed by atoms with Gasteiger partial charge in [0.05, 0.1) is 11.6 Å². The molecule has 0 fully saturated rings. The van der Waals surface area contributed by atoms with Crippen molar-refractivity contribution in [2.45, 2.75) is 26.3 Å². The van der Waals surface area contributed by atoms with Crippen LogP contribution in [0.5, 0.6) is 0 Å². The van der Waals surface area contributed by atoms with E-state index >= 15 is 0 Å². The SMILES string of the molecule is COCCNC(C)C(C)Cc1cccc(Cl)c1F. The molecule has 102 valence electrons. The van der Waals surface area contributed by atoms with E-state index in [2.05, 4.69) is 19.2 Å². The van der Waals surface area contributed by atoms with Crippen LogP contribution in [0.4, 0.5) is 4.39 Å². The highest BCUT2D eigenvalue weighted by Crippen LogP contribution is 2.21. The van der Waals surface area contributed by atoms with Crippen molar-refractivity contribution in [3.05, 3.63) is 34.6 Å². The van der Waals surface area contributed by atoms with Crippen molar-refractivity contribution in [3.63, 3.8) is 0 Å². The largest absolute Gasteiger partial charge is 0.383 e. The summed E-state index contributed by atoms with van der Waals surface area (Å²) in [6, 6.07) is 5.46. The van der Waals surface area contributed by atoms with Crippen LogP contribution in [-0.4, -0.2) is 26.3 Å². The van der Waals surface area contributed by atoms with Crippen molar-refractivity contribution >= 4 is 11.6 Å². The first-order chi connectivity index (χ1) is 8.56. The molecule has 2 unspecified atom stereocenters. The molecule has 0 aliphatic carbocycles. The van der Waals surface area contributed by atoms with Gasteiger partial charge in [-0.15, -0.1) is 0 Å². The zero-order valence-electron chi connectivity index (χ0n) is 11.2. The van der Waals surface area contributed by atoms with Crippen LogP contribution in [0.15, 0.2) is 18.2 Å². The number of methoxy groups -OCH3 is 1. The molecule has 1 rings (SSSR count). The predicted octanol–water partition coefficient (Wildman–Crippen LogP) is 3.28. The minimum Gasteiger partial charge on any atom is -0.383 e. The third-order valence-corrected chi connectivity index (χ3v) is 3.49. The maximum absolute atomic E-state index is 13.8. The molecule has 0 aliphatic rings. The average molecular weight is 274 g/mol. The monoisotopic (exact) mass is 273 g/mol. The average Bonchev–Trinajstić information content (AvgIpc) is 2.35. The highest BCUT2D eigenvalue weighted by atomic mass is 35.5. The summed E-state index contributed by atoms with van der Waals surface area (Å²) in [6.45, 7) is 5.69. The van der Waals surface area contributed by atoms with Crippen LogP contribution in [0.25, 0.3) is 0 Å². The molecule has 2 atom stereocenters. The Morgan fingerprint density at radius 2 is 2.11 bits per heavy atom. The van der Waals surface area contributed by atoms with Gasteiger partial charge in [0.1, 0.15) is 5.82 Å². The van der Waals surface area contributed by atoms with E-state index in [0.29, 0.717) is 30.6 Å². The summed E-state index contributed by atoms with van der Waals surface area (Å²) in [7, 11) is 1.68. The maximum atomic E-state index is 13.8. The summed E-state index contributed by atoms with van der Waals surface area (Å²) in [4.78, 5) is 0. The number of halogens is 2. The summed E-state index contributed by atoms with van der Waals surface area (Å²) in [5.74, 6) is 0.0323. The van der Waals surface area contributed by atoms with Gasteiger partial charge >= 0.3 is 0 Å². The van der Waals surface area contributed by atoms with Gasteiger partial charge in [0.2, 0.25) is 0 Å². The molecule has 0 spiro atoms. The lowest BCUT2D eigenvalue weighted by Crippen LogP contribution is -2.35. The lowest BCUT2D eigenvalue weighted by Gasteiger charge is -2.21. The Kier molecular flexibility index (Phi) is 6.61. The van der Waals surface area contributed by atoms with E-state index in [4.69, 9.17) is 16.3 Å². The van der Waals surface area contributed by atoms with Gasteiger partial charge in [-0.2, -0.15) is 0 Å². The number of hydrogen-bond donors (Lipinski definition) is 1. The standard InChI is InChI=1S/C14H21ClFNO/c1-10(11(2)17-7-8-18-3)9-12-5-4-6-13(15)14(12)16/h4-6,10-11,17H,7-9H2,1-3H3. The van der Waals surface area contributed by atoms with E-state index in [1.165, 1.54) is 0 Å². The minimum atomic E-state index is -0.296. The molecule has 1 aromatic carbocycles. The van der Waals surface area contributed by atoms with Crippen molar-refractivity contribution in [2.75, 3.05) is 20.3 Å². The van der Waals surface area contributed by atoms with E-state index in [0.717, 1.165) is 6.54 Å². The van der Waals surface area contributed by atoms with E-state index in [9.17, 15) is 4.39 Å². The Labute approximate surface area is 113 Å². The fourth-order valence-electron chi connectivity index (χ4n) is 1.82. The van der Waals surface area contributed by atoms with Crippen LogP contribution in [0.2, 0.25) is 5.02 Å². The normalized spacial score (nSPS) is 14.5. The zero-order chi connectivity index (χ0) is 13.5. The molecule has 0 bridgehead atoms. The van der Waals surface area contributed by atoms with Crippen molar-refractivity contribution in [1.82, 2.24) is 5.32 Å². The zero-order valence-corrected chi connectivity index (χ0v) is 11.9. The van der Waals surface area contributed by atoms with Crippen LogP contribution >= 0.6 is 11.6 Å². The van der Waals surface area contributed by atoms with Crippen molar-refractivity contribution in [1.29, 1.82) is 0 Å². The van der Waals surface area contributed by atoms with Gasteiger partial charge in [0.15, 0.2) is 0 Å². The molecule has 1 N–H and O–H groups in total. The minimum absolute atomic E-state index is 0.194. The summed E-state index contributed by atoms with van der Waals surface area (Å²) in [5, 5.41) is 3.55. The van der Waals surface area contributed by atoms with E-state index in [-0.39, 0.29) is 10.8 Å². The quantitative estimate of drug-likeness (QED) is 0.770. The second kappa shape index (κ2) is 7.72. The molecule has 0 amide bonds. The number of nitrogens with one attached hydrogen (secondary N) is 1.